The minimum atomic E-state index is 0.491. The van der Waals surface area contributed by atoms with E-state index in [0.717, 1.165) is 39.6 Å². The summed E-state index contributed by atoms with van der Waals surface area (Å²) < 4.78 is 16.8. The van der Waals surface area contributed by atoms with Crippen molar-refractivity contribution in [3.8, 4) is 0 Å². The molecule has 1 rings (SSSR count). The van der Waals surface area contributed by atoms with Crippen molar-refractivity contribution >= 4 is 0 Å². The molecule has 1 fully saturated rings. The standard InChI is InChI=1S/C12H24O3/c1-10-4-13-6-11(2)8-15-9-12(3)7-14-5-10/h10-12H,4-9H2,1-3H3. The van der Waals surface area contributed by atoms with Gasteiger partial charge in [0.05, 0.1) is 39.6 Å². The molecule has 0 bridgehead atoms. The van der Waals surface area contributed by atoms with Crippen molar-refractivity contribution in [2.75, 3.05) is 39.6 Å². The summed E-state index contributed by atoms with van der Waals surface area (Å²) in [6.07, 6.45) is 0. The van der Waals surface area contributed by atoms with Crippen LogP contribution in [0, 0.1) is 17.8 Å². The maximum atomic E-state index is 5.60. The third kappa shape index (κ3) is 6.13. The third-order valence-corrected chi connectivity index (χ3v) is 2.41. The van der Waals surface area contributed by atoms with Crippen molar-refractivity contribution in [1.82, 2.24) is 0 Å². The Labute approximate surface area is 93.1 Å². The van der Waals surface area contributed by atoms with E-state index in [-0.39, 0.29) is 0 Å². The van der Waals surface area contributed by atoms with E-state index in [9.17, 15) is 0 Å². The van der Waals surface area contributed by atoms with Crippen molar-refractivity contribution < 1.29 is 14.2 Å². The number of hydrogen-bond donors (Lipinski definition) is 0. The van der Waals surface area contributed by atoms with Gasteiger partial charge in [0.2, 0.25) is 0 Å². The van der Waals surface area contributed by atoms with E-state index in [2.05, 4.69) is 20.8 Å². The van der Waals surface area contributed by atoms with E-state index in [0.29, 0.717) is 17.8 Å². The van der Waals surface area contributed by atoms with Gasteiger partial charge in [-0.15, -0.1) is 0 Å². The Bertz CT molecular complexity index is 120. The highest BCUT2D eigenvalue weighted by atomic mass is 16.5. The van der Waals surface area contributed by atoms with Gasteiger partial charge in [-0.2, -0.15) is 0 Å². The molecule has 90 valence electrons. The lowest BCUT2D eigenvalue weighted by Gasteiger charge is -2.20. The van der Waals surface area contributed by atoms with Crippen LogP contribution in [0.1, 0.15) is 20.8 Å². The largest absolute Gasteiger partial charge is 0.381 e. The van der Waals surface area contributed by atoms with E-state index in [1.54, 1.807) is 0 Å². The average Bonchev–Trinajstić information content (AvgIpc) is 2.16. The lowest BCUT2D eigenvalue weighted by atomic mass is 10.2. The molecule has 1 aliphatic heterocycles. The Morgan fingerprint density at radius 1 is 0.533 bits per heavy atom. The summed E-state index contributed by atoms with van der Waals surface area (Å²) in [5, 5.41) is 0. The molecule has 15 heavy (non-hydrogen) atoms. The average molecular weight is 216 g/mol. The first-order valence-corrected chi connectivity index (χ1v) is 5.91. The Morgan fingerprint density at radius 3 is 0.933 bits per heavy atom. The quantitative estimate of drug-likeness (QED) is 0.619. The molecule has 1 saturated heterocycles. The molecule has 0 aromatic rings. The second-order valence-electron chi connectivity index (χ2n) is 4.93. The molecule has 0 saturated carbocycles. The molecule has 0 spiro atoms. The summed E-state index contributed by atoms with van der Waals surface area (Å²) in [4.78, 5) is 0. The fourth-order valence-electron chi connectivity index (χ4n) is 1.56. The molecule has 3 heteroatoms. The van der Waals surface area contributed by atoms with Crippen LogP contribution in [0.25, 0.3) is 0 Å². The van der Waals surface area contributed by atoms with Crippen LogP contribution in [0.5, 0.6) is 0 Å². The van der Waals surface area contributed by atoms with Gasteiger partial charge in [0, 0.05) is 17.8 Å². The Hall–Kier alpha value is -0.120. The van der Waals surface area contributed by atoms with E-state index in [1.165, 1.54) is 0 Å². The lowest BCUT2D eigenvalue weighted by Crippen LogP contribution is -2.23. The van der Waals surface area contributed by atoms with Crippen LogP contribution in [-0.4, -0.2) is 39.6 Å². The van der Waals surface area contributed by atoms with Crippen LogP contribution in [0.4, 0.5) is 0 Å². The van der Waals surface area contributed by atoms with Gasteiger partial charge in [0.25, 0.3) is 0 Å². The molecule has 0 aliphatic carbocycles. The Kier molecular flexibility index (Phi) is 6.22. The zero-order valence-corrected chi connectivity index (χ0v) is 10.2. The van der Waals surface area contributed by atoms with Gasteiger partial charge < -0.3 is 14.2 Å². The maximum Gasteiger partial charge on any atom is 0.0513 e. The first-order valence-electron chi connectivity index (χ1n) is 5.91. The summed E-state index contributed by atoms with van der Waals surface area (Å²) in [7, 11) is 0. The zero-order valence-electron chi connectivity index (χ0n) is 10.2. The molecular weight excluding hydrogens is 192 g/mol. The maximum absolute atomic E-state index is 5.60. The van der Waals surface area contributed by atoms with E-state index >= 15 is 0 Å². The SMILES string of the molecule is CC1COCC(C)COCC(C)COC1. The number of ether oxygens (including phenoxy) is 3. The van der Waals surface area contributed by atoms with Gasteiger partial charge in [0.1, 0.15) is 0 Å². The molecule has 0 unspecified atom stereocenters. The number of rotatable bonds is 0. The van der Waals surface area contributed by atoms with Crippen LogP contribution in [-0.2, 0) is 14.2 Å². The van der Waals surface area contributed by atoms with Crippen LogP contribution in [0.3, 0.4) is 0 Å². The van der Waals surface area contributed by atoms with Crippen LogP contribution in [0.2, 0.25) is 0 Å². The normalized spacial score (nSPS) is 36.6. The molecule has 1 heterocycles. The first-order chi connectivity index (χ1) is 7.18. The number of hydrogen-bond acceptors (Lipinski definition) is 3. The van der Waals surface area contributed by atoms with Gasteiger partial charge in [-0.1, -0.05) is 20.8 Å². The minimum Gasteiger partial charge on any atom is -0.381 e. The summed E-state index contributed by atoms with van der Waals surface area (Å²) in [6, 6.07) is 0. The highest BCUT2D eigenvalue weighted by molar-refractivity contribution is 4.56. The Morgan fingerprint density at radius 2 is 0.733 bits per heavy atom. The van der Waals surface area contributed by atoms with Crippen LogP contribution < -0.4 is 0 Å². The molecule has 1 aliphatic rings. The second-order valence-corrected chi connectivity index (χ2v) is 4.93. The van der Waals surface area contributed by atoms with Gasteiger partial charge in [-0.25, -0.2) is 0 Å². The molecule has 0 radical (unpaired) electrons. The predicted octanol–water partition coefficient (Wildman–Crippen LogP) is 1.96. The van der Waals surface area contributed by atoms with E-state index in [4.69, 9.17) is 14.2 Å². The predicted molar refractivity (Wildman–Crippen MR) is 59.9 cm³/mol. The minimum absolute atomic E-state index is 0.491. The zero-order chi connectivity index (χ0) is 11.1. The summed E-state index contributed by atoms with van der Waals surface area (Å²) in [5.74, 6) is 1.47. The van der Waals surface area contributed by atoms with E-state index in [1.807, 2.05) is 0 Å². The fourth-order valence-corrected chi connectivity index (χ4v) is 1.56. The van der Waals surface area contributed by atoms with Crippen molar-refractivity contribution in [3.05, 3.63) is 0 Å². The van der Waals surface area contributed by atoms with Crippen LogP contribution in [0.15, 0.2) is 0 Å². The van der Waals surface area contributed by atoms with Gasteiger partial charge in [-0.3, -0.25) is 0 Å². The molecule has 0 atom stereocenters. The summed E-state index contributed by atoms with van der Waals surface area (Å²) in [6.45, 7) is 11.2. The lowest BCUT2D eigenvalue weighted by molar-refractivity contribution is -0.0220. The highest BCUT2D eigenvalue weighted by Crippen LogP contribution is 2.06. The van der Waals surface area contributed by atoms with Crippen LogP contribution >= 0.6 is 0 Å². The smallest absolute Gasteiger partial charge is 0.0513 e. The third-order valence-electron chi connectivity index (χ3n) is 2.41. The summed E-state index contributed by atoms with van der Waals surface area (Å²) >= 11 is 0. The molecule has 0 amide bonds. The molecule has 0 aromatic carbocycles. The van der Waals surface area contributed by atoms with Crippen molar-refractivity contribution in [2.24, 2.45) is 17.8 Å². The first kappa shape index (κ1) is 12.9. The topological polar surface area (TPSA) is 27.7 Å². The van der Waals surface area contributed by atoms with Crippen molar-refractivity contribution in [1.29, 1.82) is 0 Å². The molecular formula is C12H24O3. The van der Waals surface area contributed by atoms with Gasteiger partial charge in [-0.05, 0) is 0 Å². The van der Waals surface area contributed by atoms with Crippen molar-refractivity contribution in [2.45, 2.75) is 20.8 Å². The van der Waals surface area contributed by atoms with Gasteiger partial charge >= 0.3 is 0 Å². The summed E-state index contributed by atoms with van der Waals surface area (Å²) in [5.41, 5.74) is 0. The van der Waals surface area contributed by atoms with Gasteiger partial charge in [0.15, 0.2) is 0 Å². The Balaban J connectivity index is 2.30. The molecule has 3 nitrogen and oxygen atoms in total. The highest BCUT2D eigenvalue weighted by Gasteiger charge is 2.10. The molecule has 0 aromatic heterocycles. The molecule has 0 N–H and O–H groups in total. The fraction of sp³-hybridized carbons (Fsp3) is 1.00. The van der Waals surface area contributed by atoms with E-state index < -0.39 is 0 Å². The monoisotopic (exact) mass is 216 g/mol. The second kappa shape index (κ2) is 7.20. The van der Waals surface area contributed by atoms with Crippen molar-refractivity contribution in [3.63, 3.8) is 0 Å².